The maximum atomic E-state index is 14.0. The van der Waals surface area contributed by atoms with E-state index in [4.69, 9.17) is 4.74 Å². The summed E-state index contributed by atoms with van der Waals surface area (Å²) in [6.07, 6.45) is -0.258. The number of ether oxygens (including phenoxy) is 2. The maximum Gasteiger partial charge on any atom is 0.413 e. The third kappa shape index (κ3) is 8.50. The fourth-order valence-corrected chi connectivity index (χ4v) is 4.40. The number of nitrogens with zero attached hydrogens (tertiary/aromatic N) is 3. The summed E-state index contributed by atoms with van der Waals surface area (Å²) < 4.78 is 51.4. The zero-order valence-corrected chi connectivity index (χ0v) is 22.1. The summed E-state index contributed by atoms with van der Waals surface area (Å²) in [6, 6.07) is 9.15. The van der Waals surface area contributed by atoms with Crippen LogP contribution in [0.2, 0.25) is 0 Å². The van der Waals surface area contributed by atoms with Crippen molar-refractivity contribution in [1.29, 1.82) is 0 Å². The van der Waals surface area contributed by atoms with Gasteiger partial charge in [0.1, 0.15) is 12.4 Å². The fourth-order valence-electron chi connectivity index (χ4n) is 3.65. The molecule has 0 spiro atoms. The lowest BCUT2D eigenvalue weighted by Crippen LogP contribution is -2.41. The Hall–Kier alpha value is -4.00. The molecule has 2 amide bonds. The number of halogens is 3. The highest BCUT2D eigenvalue weighted by Gasteiger charge is 2.23. The smallest absolute Gasteiger partial charge is 0.413 e. The lowest BCUT2D eigenvalue weighted by Gasteiger charge is -2.28. The van der Waals surface area contributed by atoms with Crippen LogP contribution in [-0.2, 0) is 25.5 Å². The number of methoxy groups -OCH3 is 1. The lowest BCUT2D eigenvalue weighted by atomic mass is 10.1. The third-order valence-corrected chi connectivity index (χ3v) is 6.74. The van der Waals surface area contributed by atoms with Crippen molar-refractivity contribution in [3.05, 3.63) is 65.5 Å². The number of aryl methyl sites for hydroxylation is 1. The number of hydrogen-bond donors (Lipinski definition) is 1. The van der Waals surface area contributed by atoms with E-state index < -0.39 is 35.6 Å². The van der Waals surface area contributed by atoms with Gasteiger partial charge >= 0.3 is 12.1 Å². The average Bonchev–Trinajstić information content (AvgIpc) is 3.38. The number of carbonyl (C=O) groups excluding carboxylic acids is 3. The zero-order valence-electron chi connectivity index (χ0n) is 21.3. The fraction of sp³-hybridized carbons (Fsp3) is 0.346. The minimum absolute atomic E-state index is 0.0234. The van der Waals surface area contributed by atoms with Crippen molar-refractivity contribution >= 4 is 34.4 Å². The molecule has 1 heterocycles. The van der Waals surface area contributed by atoms with Crippen molar-refractivity contribution in [3.8, 4) is 10.6 Å². The van der Waals surface area contributed by atoms with Crippen LogP contribution in [-0.4, -0.2) is 59.9 Å². The van der Waals surface area contributed by atoms with Gasteiger partial charge in [-0.05, 0) is 43.0 Å². The van der Waals surface area contributed by atoms with Crippen LogP contribution in [0.15, 0.2) is 42.5 Å². The predicted molar refractivity (Wildman–Crippen MR) is 137 cm³/mol. The number of benzene rings is 2. The number of anilines is 1. The van der Waals surface area contributed by atoms with Crippen molar-refractivity contribution in [2.75, 3.05) is 26.1 Å². The molecule has 0 fully saturated rings. The molecule has 9 nitrogen and oxygen atoms in total. The molecule has 0 saturated carbocycles. The molecule has 3 rings (SSSR count). The zero-order chi connectivity index (χ0) is 28.4. The van der Waals surface area contributed by atoms with E-state index in [2.05, 4.69) is 20.3 Å². The molecule has 39 heavy (non-hydrogen) atoms. The van der Waals surface area contributed by atoms with Crippen LogP contribution in [0.3, 0.4) is 0 Å². The molecular formula is C26H27F3N4O5S. The summed E-state index contributed by atoms with van der Waals surface area (Å²) in [6.45, 7) is -0.220. The number of carbonyl (C=O) groups is 3. The summed E-state index contributed by atoms with van der Waals surface area (Å²) in [4.78, 5) is 38.1. The number of likely N-dealkylation sites (N-methyl/N-ethyl adjacent to an activating group) is 1. The van der Waals surface area contributed by atoms with Gasteiger partial charge in [0, 0.05) is 25.5 Å². The van der Waals surface area contributed by atoms with Crippen molar-refractivity contribution in [1.82, 2.24) is 15.1 Å². The molecule has 1 atom stereocenters. The monoisotopic (exact) mass is 564 g/mol. The van der Waals surface area contributed by atoms with Gasteiger partial charge in [-0.2, -0.15) is 0 Å². The summed E-state index contributed by atoms with van der Waals surface area (Å²) in [7, 11) is 2.76. The molecule has 0 radical (unpaired) electrons. The number of aromatic nitrogens is 2. The van der Waals surface area contributed by atoms with Crippen LogP contribution in [0.4, 0.5) is 23.1 Å². The molecule has 3 aromatic rings. The van der Waals surface area contributed by atoms with Crippen molar-refractivity contribution in [2.45, 2.75) is 38.1 Å². The van der Waals surface area contributed by atoms with E-state index in [1.165, 1.54) is 43.3 Å². The van der Waals surface area contributed by atoms with E-state index in [0.29, 0.717) is 12.8 Å². The molecule has 1 aromatic heterocycles. The van der Waals surface area contributed by atoms with Crippen LogP contribution < -0.4 is 5.32 Å². The second-order valence-electron chi connectivity index (χ2n) is 8.46. The average molecular weight is 565 g/mol. The summed E-state index contributed by atoms with van der Waals surface area (Å²) in [5.41, 5.74) is 0.307. The Morgan fingerprint density at radius 2 is 1.77 bits per heavy atom. The summed E-state index contributed by atoms with van der Waals surface area (Å²) >= 11 is 0.953. The quantitative estimate of drug-likeness (QED) is 0.309. The predicted octanol–water partition coefficient (Wildman–Crippen LogP) is 4.97. The van der Waals surface area contributed by atoms with Gasteiger partial charge in [-0.25, -0.2) is 18.0 Å². The van der Waals surface area contributed by atoms with Crippen LogP contribution in [0, 0.1) is 17.5 Å². The highest BCUT2D eigenvalue weighted by Crippen LogP contribution is 2.28. The van der Waals surface area contributed by atoms with Gasteiger partial charge in [0.25, 0.3) is 0 Å². The van der Waals surface area contributed by atoms with Gasteiger partial charge in [0.05, 0.1) is 13.2 Å². The van der Waals surface area contributed by atoms with Gasteiger partial charge < -0.3 is 14.4 Å². The number of esters is 1. The maximum absolute atomic E-state index is 14.0. The van der Waals surface area contributed by atoms with Crippen LogP contribution in [0.1, 0.15) is 31.2 Å². The first-order valence-corrected chi connectivity index (χ1v) is 12.8. The van der Waals surface area contributed by atoms with Gasteiger partial charge in [0.15, 0.2) is 16.6 Å². The molecule has 208 valence electrons. The largest absolute Gasteiger partial charge is 0.469 e. The highest BCUT2D eigenvalue weighted by molar-refractivity contribution is 7.18. The normalized spacial score (nSPS) is 11.5. The third-order valence-electron chi connectivity index (χ3n) is 5.87. The molecule has 0 aliphatic carbocycles. The Balaban J connectivity index is 1.59. The van der Waals surface area contributed by atoms with E-state index in [0.717, 1.165) is 17.4 Å². The van der Waals surface area contributed by atoms with E-state index in [1.807, 2.05) is 0 Å². The topological polar surface area (TPSA) is 111 Å². The van der Waals surface area contributed by atoms with Crippen LogP contribution in [0.25, 0.3) is 10.6 Å². The lowest BCUT2D eigenvalue weighted by molar-refractivity contribution is -0.140. The molecule has 0 unspecified atom stereocenters. The first-order valence-electron chi connectivity index (χ1n) is 12.0. The van der Waals surface area contributed by atoms with Crippen molar-refractivity contribution in [2.24, 2.45) is 0 Å². The molecular weight excluding hydrogens is 537 g/mol. The van der Waals surface area contributed by atoms with E-state index in [-0.39, 0.29) is 53.0 Å². The standard InChI is InChI=1S/C26H27F3N4O5S/c1-33(21(34)14-13-16-7-5-11-20(28)23(16)29)17(8-6-12-22(35)37-2)15-38-26(36)30-25-32-31-24(39-25)18-9-3-4-10-19(18)27/h3-5,7,9-11,17H,6,8,12-15H2,1-2H3,(H,30,32,36)/t17-/m0/s1. The van der Waals surface area contributed by atoms with E-state index >= 15 is 0 Å². The first kappa shape index (κ1) is 29.6. The second kappa shape index (κ2) is 14.2. The summed E-state index contributed by atoms with van der Waals surface area (Å²) in [5, 5.41) is 10.5. The highest BCUT2D eigenvalue weighted by atomic mass is 32.1. The molecule has 2 aromatic carbocycles. The molecule has 0 bridgehead atoms. The number of amides is 2. The molecule has 0 aliphatic rings. The molecule has 0 aliphatic heterocycles. The second-order valence-corrected chi connectivity index (χ2v) is 9.43. The number of nitrogens with one attached hydrogen (secondary N) is 1. The molecule has 1 N–H and O–H groups in total. The van der Waals surface area contributed by atoms with Gasteiger partial charge in [-0.15, -0.1) is 10.2 Å². The van der Waals surface area contributed by atoms with Crippen LogP contribution in [0.5, 0.6) is 0 Å². The van der Waals surface area contributed by atoms with Crippen molar-refractivity contribution < 1.29 is 37.0 Å². The Labute approximate surface area is 226 Å². The number of hydrogen-bond acceptors (Lipinski definition) is 8. The molecule has 0 saturated heterocycles. The van der Waals surface area contributed by atoms with Crippen molar-refractivity contribution in [3.63, 3.8) is 0 Å². The Kier molecular flexibility index (Phi) is 10.8. The molecule has 13 heteroatoms. The first-order chi connectivity index (χ1) is 18.7. The Morgan fingerprint density at radius 1 is 1.03 bits per heavy atom. The Morgan fingerprint density at radius 3 is 2.51 bits per heavy atom. The van der Waals surface area contributed by atoms with E-state index in [9.17, 15) is 27.6 Å². The minimum atomic E-state index is -1.00. The number of rotatable bonds is 12. The van der Waals surface area contributed by atoms with Gasteiger partial charge in [-0.3, -0.25) is 14.9 Å². The minimum Gasteiger partial charge on any atom is -0.469 e. The summed E-state index contributed by atoms with van der Waals surface area (Å²) in [5.74, 6) is -3.29. The van der Waals surface area contributed by atoms with E-state index in [1.54, 1.807) is 12.1 Å². The van der Waals surface area contributed by atoms with Gasteiger partial charge in [0.2, 0.25) is 11.0 Å². The van der Waals surface area contributed by atoms with Gasteiger partial charge in [-0.1, -0.05) is 35.6 Å². The Bertz CT molecular complexity index is 1310. The van der Waals surface area contributed by atoms with Crippen LogP contribution >= 0.6 is 11.3 Å². The SMILES string of the molecule is COC(=O)CCC[C@@H](COC(=O)Nc1nnc(-c2ccccc2F)s1)N(C)C(=O)CCc1cccc(F)c1F.